The third kappa shape index (κ3) is 1.93. The van der Waals surface area contributed by atoms with E-state index in [9.17, 15) is 4.79 Å². The number of urea groups is 1. The number of nitrogens with two attached hydrogens (primary N) is 1. The fraction of sp³-hybridized carbons (Fsp3) is 0.286. The van der Waals surface area contributed by atoms with Crippen LogP contribution in [-0.2, 0) is 0 Å². The first-order valence-electron chi connectivity index (χ1n) is 3.17. The second-order valence-corrected chi connectivity index (χ2v) is 2.18. The van der Waals surface area contributed by atoms with Gasteiger partial charge in [0.2, 0.25) is 0 Å². The van der Waals surface area contributed by atoms with Gasteiger partial charge in [-0.05, 0) is 0 Å². The number of allylic oxidation sites excluding steroid dienone is 2. The highest BCUT2D eigenvalue weighted by atomic mass is 16.2. The van der Waals surface area contributed by atoms with Crippen LogP contribution in [0.4, 0.5) is 4.79 Å². The Balaban J connectivity index is 2.20. The van der Waals surface area contributed by atoms with Gasteiger partial charge in [-0.1, -0.05) is 24.3 Å². The number of carbonyl (C=O) groups excluding carboxylic acids is 1. The lowest BCUT2D eigenvalue weighted by molar-refractivity contribution is 0.248. The Morgan fingerprint density at radius 2 is 2.10 bits per heavy atom. The molecule has 10 heavy (non-hydrogen) atoms. The van der Waals surface area contributed by atoms with Crippen molar-refractivity contribution in [1.29, 1.82) is 0 Å². The summed E-state index contributed by atoms with van der Waals surface area (Å²) in [6.07, 6.45) is 7.92. The van der Waals surface area contributed by atoms with Gasteiger partial charge >= 0.3 is 6.03 Å². The molecule has 0 saturated heterocycles. The van der Waals surface area contributed by atoms with E-state index in [1.807, 2.05) is 24.3 Å². The van der Waals surface area contributed by atoms with Gasteiger partial charge < -0.3 is 11.1 Å². The van der Waals surface area contributed by atoms with E-state index in [0.717, 1.165) is 0 Å². The number of hydrogen-bond donors (Lipinski definition) is 2. The predicted octanol–water partition coefficient (Wildman–Crippen LogP) is 0.397. The highest BCUT2D eigenvalue weighted by Gasteiger charge is 2.02. The minimum absolute atomic E-state index is 0.326. The third-order valence-electron chi connectivity index (χ3n) is 1.34. The Labute approximate surface area is 59.6 Å². The maximum atomic E-state index is 10.2. The van der Waals surface area contributed by atoms with Crippen LogP contribution in [0.25, 0.3) is 0 Å². The highest BCUT2D eigenvalue weighted by molar-refractivity contribution is 5.71. The van der Waals surface area contributed by atoms with Crippen LogP contribution >= 0.6 is 0 Å². The van der Waals surface area contributed by atoms with Crippen LogP contribution in [0.2, 0.25) is 0 Å². The molecule has 0 aromatic rings. The number of hydrogen-bond acceptors (Lipinski definition) is 1. The van der Waals surface area contributed by atoms with Gasteiger partial charge in [0.1, 0.15) is 0 Å². The summed E-state index contributed by atoms with van der Waals surface area (Å²) in [5, 5.41) is 2.52. The van der Waals surface area contributed by atoms with E-state index in [0.29, 0.717) is 12.5 Å². The smallest absolute Gasteiger partial charge is 0.312 e. The molecule has 3 nitrogen and oxygen atoms in total. The van der Waals surface area contributed by atoms with Gasteiger partial charge in [0.25, 0.3) is 0 Å². The molecule has 1 aliphatic carbocycles. The lowest BCUT2D eigenvalue weighted by atomic mass is 10.2. The summed E-state index contributed by atoms with van der Waals surface area (Å²) in [6.45, 7) is 0.600. The molecular formula is C7H10N2O. The Morgan fingerprint density at radius 1 is 1.50 bits per heavy atom. The third-order valence-corrected chi connectivity index (χ3v) is 1.34. The second-order valence-electron chi connectivity index (χ2n) is 2.18. The zero-order valence-corrected chi connectivity index (χ0v) is 5.58. The summed E-state index contributed by atoms with van der Waals surface area (Å²) in [7, 11) is 0. The van der Waals surface area contributed by atoms with Gasteiger partial charge in [0.15, 0.2) is 0 Å². The topological polar surface area (TPSA) is 55.1 Å². The summed E-state index contributed by atoms with van der Waals surface area (Å²) < 4.78 is 0. The summed E-state index contributed by atoms with van der Waals surface area (Å²) in [5.41, 5.74) is 4.87. The Bertz CT molecular complexity index is 172. The van der Waals surface area contributed by atoms with Crippen LogP contribution < -0.4 is 11.1 Å². The van der Waals surface area contributed by atoms with Crippen LogP contribution in [0, 0.1) is 5.92 Å². The Kier molecular flexibility index (Phi) is 2.10. The van der Waals surface area contributed by atoms with Crippen molar-refractivity contribution < 1.29 is 4.79 Å². The first kappa shape index (κ1) is 6.86. The molecule has 54 valence electrons. The molecule has 0 aliphatic heterocycles. The Morgan fingerprint density at radius 3 is 2.60 bits per heavy atom. The van der Waals surface area contributed by atoms with Gasteiger partial charge in [0, 0.05) is 12.5 Å². The fourth-order valence-corrected chi connectivity index (χ4v) is 0.832. The first-order valence-corrected chi connectivity index (χ1v) is 3.17. The summed E-state index contributed by atoms with van der Waals surface area (Å²) >= 11 is 0. The normalized spacial score (nSPS) is 16.0. The van der Waals surface area contributed by atoms with Gasteiger partial charge in [-0.25, -0.2) is 4.79 Å². The predicted molar refractivity (Wildman–Crippen MR) is 39.4 cm³/mol. The molecule has 0 fully saturated rings. The SMILES string of the molecule is NC(=O)NCC1C=CC=C1. The van der Waals surface area contributed by atoms with E-state index < -0.39 is 6.03 Å². The van der Waals surface area contributed by atoms with Crippen molar-refractivity contribution in [1.82, 2.24) is 5.32 Å². The zero-order valence-electron chi connectivity index (χ0n) is 5.58. The van der Waals surface area contributed by atoms with Crippen molar-refractivity contribution in [3.8, 4) is 0 Å². The molecule has 0 unspecified atom stereocenters. The van der Waals surface area contributed by atoms with Gasteiger partial charge in [-0.3, -0.25) is 0 Å². The largest absolute Gasteiger partial charge is 0.352 e. The fourth-order valence-electron chi connectivity index (χ4n) is 0.832. The lowest BCUT2D eigenvalue weighted by Crippen LogP contribution is -2.32. The molecule has 0 saturated carbocycles. The minimum atomic E-state index is -0.464. The molecule has 0 aromatic heterocycles. The van der Waals surface area contributed by atoms with E-state index >= 15 is 0 Å². The first-order chi connectivity index (χ1) is 4.79. The zero-order chi connectivity index (χ0) is 7.40. The average Bonchev–Trinajstić information content (AvgIpc) is 2.34. The Hall–Kier alpha value is -1.25. The van der Waals surface area contributed by atoms with Gasteiger partial charge in [0.05, 0.1) is 0 Å². The van der Waals surface area contributed by atoms with E-state index in [-0.39, 0.29) is 0 Å². The summed E-state index contributed by atoms with van der Waals surface area (Å²) in [5.74, 6) is 0.326. The van der Waals surface area contributed by atoms with Gasteiger partial charge in [-0.15, -0.1) is 0 Å². The number of rotatable bonds is 2. The molecule has 0 radical (unpaired) electrons. The van der Waals surface area contributed by atoms with Crippen LogP contribution in [0.5, 0.6) is 0 Å². The maximum absolute atomic E-state index is 10.2. The molecule has 0 aromatic carbocycles. The number of nitrogens with one attached hydrogen (secondary N) is 1. The molecule has 0 spiro atoms. The van der Waals surface area contributed by atoms with Crippen molar-refractivity contribution in [2.45, 2.75) is 0 Å². The van der Waals surface area contributed by atoms with E-state index in [1.54, 1.807) is 0 Å². The van der Waals surface area contributed by atoms with Crippen LogP contribution in [-0.4, -0.2) is 12.6 Å². The maximum Gasteiger partial charge on any atom is 0.312 e. The van der Waals surface area contributed by atoms with Crippen molar-refractivity contribution >= 4 is 6.03 Å². The minimum Gasteiger partial charge on any atom is -0.352 e. The van der Waals surface area contributed by atoms with Crippen molar-refractivity contribution in [3.63, 3.8) is 0 Å². The summed E-state index contributed by atoms with van der Waals surface area (Å²) in [4.78, 5) is 10.2. The quantitative estimate of drug-likeness (QED) is 0.570. The van der Waals surface area contributed by atoms with Crippen molar-refractivity contribution in [2.75, 3.05) is 6.54 Å². The van der Waals surface area contributed by atoms with Crippen LogP contribution in [0.15, 0.2) is 24.3 Å². The standard InChI is InChI=1S/C7H10N2O/c8-7(10)9-5-6-3-1-2-4-6/h1-4,6H,5H2,(H3,8,9,10). The summed E-state index contributed by atoms with van der Waals surface area (Å²) in [6, 6.07) is -0.464. The molecule has 1 rings (SSSR count). The molecular weight excluding hydrogens is 128 g/mol. The number of primary amides is 1. The van der Waals surface area contributed by atoms with Gasteiger partial charge in [-0.2, -0.15) is 0 Å². The highest BCUT2D eigenvalue weighted by Crippen LogP contribution is 2.06. The number of amides is 2. The molecule has 0 heterocycles. The van der Waals surface area contributed by atoms with E-state index in [2.05, 4.69) is 5.32 Å². The molecule has 3 heteroatoms. The van der Waals surface area contributed by atoms with Crippen molar-refractivity contribution in [3.05, 3.63) is 24.3 Å². The van der Waals surface area contributed by atoms with E-state index in [4.69, 9.17) is 5.73 Å². The van der Waals surface area contributed by atoms with Crippen LogP contribution in [0.1, 0.15) is 0 Å². The average molecular weight is 138 g/mol. The van der Waals surface area contributed by atoms with Crippen molar-refractivity contribution in [2.24, 2.45) is 11.7 Å². The monoisotopic (exact) mass is 138 g/mol. The lowest BCUT2D eigenvalue weighted by Gasteiger charge is -2.03. The van der Waals surface area contributed by atoms with Crippen LogP contribution in [0.3, 0.4) is 0 Å². The molecule has 1 aliphatic rings. The molecule has 3 N–H and O–H groups in total. The molecule has 0 atom stereocenters. The molecule has 2 amide bonds. The second kappa shape index (κ2) is 3.06. The van der Waals surface area contributed by atoms with E-state index in [1.165, 1.54) is 0 Å². The number of carbonyl (C=O) groups is 1. The molecule has 0 bridgehead atoms.